The summed E-state index contributed by atoms with van der Waals surface area (Å²) in [5.41, 5.74) is 0.706. The second kappa shape index (κ2) is 9.22. The Morgan fingerprint density at radius 3 is 2.40 bits per heavy atom. The van der Waals surface area contributed by atoms with Crippen LogP contribution in [0.25, 0.3) is 0 Å². The summed E-state index contributed by atoms with van der Waals surface area (Å²) < 4.78 is 5.49. The van der Waals surface area contributed by atoms with Crippen LogP contribution in [0.2, 0.25) is 0 Å². The smallest absolute Gasteiger partial charge is 0.193 e. The van der Waals surface area contributed by atoms with Gasteiger partial charge in [-0.15, -0.1) is 24.0 Å². The molecule has 0 bridgehead atoms. The van der Waals surface area contributed by atoms with E-state index >= 15 is 0 Å². The van der Waals surface area contributed by atoms with Crippen molar-refractivity contribution in [2.75, 3.05) is 53.0 Å². The molecule has 1 saturated carbocycles. The minimum atomic E-state index is 0. The van der Waals surface area contributed by atoms with Gasteiger partial charge in [-0.25, -0.2) is 0 Å². The zero-order valence-corrected chi connectivity index (χ0v) is 18.7. The highest BCUT2D eigenvalue weighted by Crippen LogP contribution is 2.43. The summed E-state index contributed by atoms with van der Waals surface area (Å²) in [6.45, 7) is 11.7. The van der Waals surface area contributed by atoms with Crippen LogP contribution in [0.4, 0.5) is 0 Å². The first-order valence-corrected chi connectivity index (χ1v) is 9.83. The van der Waals surface area contributed by atoms with E-state index in [1.807, 2.05) is 7.05 Å². The summed E-state index contributed by atoms with van der Waals surface area (Å²) in [5, 5.41) is 3.66. The topological polar surface area (TPSA) is 40.1 Å². The molecule has 0 radical (unpaired) electrons. The predicted octanol–water partition coefficient (Wildman–Crippen LogP) is 2.95. The van der Waals surface area contributed by atoms with Crippen LogP contribution in [0, 0.1) is 5.41 Å². The lowest BCUT2D eigenvalue weighted by Gasteiger charge is -2.41. The van der Waals surface area contributed by atoms with Crippen LogP contribution in [-0.4, -0.2) is 74.3 Å². The number of aliphatic imine (C=N–C) groups is 1. The van der Waals surface area contributed by atoms with Crippen LogP contribution in [0.15, 0.2) is 4.99 Å². The first-order chi connectivity index (χ1) is 11.5. The molecule has 0 atom stereocenters. The third-order valence-corrected chi connectivity index (χ3v) is 6.41. The second-order valence-electron chi connectivity index (χ2n) is 8.54. The van der Waals surface area contributed by atoms with Gasteiger partial charge in [0.1, 0.15) is 0 Å². The number of halogens is 1. The molecule has 6 heteroatoms. The molecule has 2 aliphatic heterocycles. The van der Waals surface area contributed by atoms with Gasteiger partial charge in [-0.2, -0.15) is 0 Å². The van der Waals surface area contributed by atoms with E-state index in [1.165, 1.54) is 45.1 Å². The van der Waals surface area contributed by atoms with Crippen molar-refractivity contribution in [2.45, 2.75) is 57.9 Å². The lowest BCUT2D eigenvalue weighted by Crippen LogP contribution is -2.56. The molecule has 1 aliphatic carbocycles. The summed E-state index contributed by atoms with van der Waals surface area (Å²) in [7, 11) is 1.93. The Hall–Kier alpha value is -0.0800. The molecule has 3 fully saturated rings. The number of morpholine rings is 1. The fraction of sp³-hybridized carbons (Fsp3) is 0.947. The van der Waals surface area contributed by atoms with Crippen LogP contribution in [0.5, 0.6) is 0 Å². The van der Waals surface area contributed by atoms with Gasteiger partial charge in [0.05, 0.1) is 13.2 Å². The number of nitrogens with zero attached hydrogens (tertiary/aromatic N) is 3. The summed E-state index contributed by atoms with van der Waals surface area (Å²) in [6, 6.07) is 0. The molecule has 0 aromatic carbocycles. The number of ether oxygens (including phenoxy) is 1. The molecule has 2 heterocycles. The number of hydrogen-bond acceptors (Lipinski definition) is 3. The molecule has 25 heavy (non-hydrogen) atoms. The maximum absolute atomic E-state index is 5.49. The Balaban J connectivity index is 0.00000225. The normalized spacial score (nSPS) is 25.1. The van der Waals surface area contributed by atoms with E-state index in [1.54, 1.807) is 0 Å². The van der Waals surface area contributed by atoms with Gasteiger partial charge >= 0.3 is 0 Å². The Kier molecular flexibility index (Phi) is 7.83. The lowest BCUT2D eigenvalue weighted by molar-refractivity contribution is -0.00847. The molecule has 1 spiro atoms. The average molecular weight is 464 g/mol. The molecule has 3 rings (SSSR count). The zero-order chi connectivity index (χ0) is 17.0. The van der Waals surface area contributed by atoms with Crippen LogP contribution in [0.1, 0.15) is 52.4 Å². The monoisotopic (exact) mass is 464 g/mol. The first-order valence-electron chi connectivity index (χ1n) is 9.83. The van der Waals surface area contributed by atoms with E-state index < -0.39 is 0 Å². The number of rotatable bonds is 3. The van der Waals surface area contributed by atoms with Gasteiger partial charge in [-0.1, -0.05) is 19.3 Å². The van der Waals surface area contributed by atoms with Gasteiger partial charge in [0.25, 0.3) is 0 Å². The summed E-state index contributed by atoms with van der Waals surface area (Å²) in [4.78, 5) is 9.62. The van der Waals surface area contributed by atoms with Gasteiger partial charge in [0, 0.05) is 45.3 Å². The summed E-state index contributed by atoms with van der Waals surface area (Å²) >= 11 is 0. The number of hydrogen-bond donors (Lipinski definition) is 1. The fourth-order valence-electron chi connectivity index (χ4n) is 4.73. The third-order valence-electron chi connectivity index (χ3n) is 6.41. The SMILES string of the molecule is CN=C(NCC(C)(C)N1CCOCC1)N1CCC2(CCCCC2)C1.I. The predicted molar refractivity (Wildman–Crippen MR) is 115 cm³/mol. The average Bonchev–Trinajstić information content (AvgIpc) is 3.00. The Morgan fingerprint density at radius 2 is 1.76 bits per heavy atom. The Morgan fingerprint density at radius 1 is 1.08 bits per heavy atom. The molecule has 1 N–H and O–H groups in total. The summed E-state index contributed by atoms with van der Waals surface area (Å²) in [6.07, 6.45) is 8.45. The maximum atomic E-state index is 5.49. The van der Waals surface area contributed by atoms with Crippen LogP contribution in [-0.2, 0) is 4.74 Å². The molecular weight excluding hydrogens is 427 g/mol. The highest BCUT2D eigenvalue weighted by molar-refractivity contribution is 14.0. The first kappa shape index (κ1) is 21.2. The molecule has 0 aromatic heterocycles. The zero-order valence-electron chi connectivity index (χ0n) is 16.4. The van der Waals surface area contributed by atoms with Gasteiger partial charge in [0.15, 0.2) is 5.96 Å². The van der Waals surface area contributed by atoms with E-state index in [4.69, 9.17) is 4.74 Å². The van der Waals surface area contributed by atoms with Crippen LogP contribution in [0.3, 0.4) is 0 Å². The van der Waals surface area contributed by atoms with Crippen LogP contribution >= 0.6 is 24.0 Å². The Labute approximate surface area is 171 Å². The van der Waals surface area contributed by atoms with E-state index in [9.17, 15) is 0 Å². The standard InChI is InChI=1S/C19H36N4O.HI/c1-18(2,23-11-13-24-14-12-23)15-21-17(20-3)22-10-9-19(16-22)7-5-4-6-8-19;/h4-16H2,1-3H3,(H,20,21);1H. The van der Waals surface area contributed by atoms with Crippen LogP contribution < -0.4 is 5.32 Å². The van der Waals surface area contributed by atoms with E-state index in [0.717, 1.165) is 45.4 Å². The van der Waals surface area contributed by atoms with Crippen molar-refractivity contribution in [3.8, 4) is 0 Å². The largest absolute Gasteiger partial charge is 0.379 e. The van der Waals surface area contributed by atoms with Crippen molar-refractivity contribution < 1.29 is 4.74 Å². The second-order valence-corrected chi connectivity index (χ2v) is 8.54. The van der Waals surface area contributed by atoms with Gasteiger partial charge in [0.2, 0.25) is 0 Å². The maximum Gasteiger partial charge on any atom is 0.193 e. The van der Waals surface area contributed by atoms with Gasteiger partial charge in [-0.05, 0) is 38.5 Å². The van der Waals surface area contributed by atoms with Crippen molar-refractivity contribution in [3.05, 3.63) is 0 Å². The van der Waals surface area contributed by atoms with Crippen molar-refractivity contribution in [1.29, 1.82) is 0 Å². The minimum Gasteiger partial charge on any atom is -0.379 e. The fourth-order valence-corrected chi connectivity index (χ4v) is 4.73. The highest BCUT2D eigenvalue weighted by atomic mass is 127. The molecule has 3 aliphatic rings. The number of likely N-dealkylation sites (tertiary alicyclic amines) is 1. The molecule has 0 unspecified atom stereocenters. The van der Waals surface area contributed by atoms with Crippen molar-refractivity contribution in [1.82, 2.24) is 15.1 Å². The quantitative estimate of drug-likeness (QED) is 0.396. The van der Waals surface area contributed by atoms with E-state index in [0.29, 0.717) is 5.41 Å². The Bertz CT molecular complexity index is 443. The van der Waals surface area contributed by atoms with Crippen molar-refractivity contribution in [3.63, 3.8) is 0 Å². The lowest BCUT2D eigenvalue weighted by atomic mass is 9.73. The van der Waals surface area contributed by atoms with Gasteiger partial charge in [-0.3, -0.25) is 9.89 Å². The molecule has 5 nitrogen and oxygen atoms in total. The summed E-state index contributed by atoms with van der Waals surface area (Å²) in [5.74, 6) is 1.10. The van der Waals surface area contributed by atoms with Crippen molar-refractivity contribution >= 4 is 29.9 Å². The third kappa shape index (κ3) is 5.22. The molecule has 2 saturated heterocycles. The number of guanidine groups is 1. The molecular formula is C19H37IN4O. The minimum absolute atomic E-state index is 0. The van der Waals surface area contributed by atoms with E-state index in [2.05, 4.69) is 34.0 Å². The molecule has 146 valence electrons. The molecule has 0 aromatic rings. The van der Waals surface area contributed by atoms with Gasteiger partial charge < -0.3 is 15.0 Å². The van der Waals surface area contributed by atoms with E-state index in [-0.39, 0.29) is 29.5 Å². The molecule has 0 amide bonds. The van der Waals surface area contributed by atoms with Crippen molar-refractivity contribution in [2.24, 2.45) is 10.4 Å². The number of nitrogens with one attached hydrogen (secondary N) is 1. The highest BCUT2D eigenvalue weighted by Gasteiger charge is 2.40.